The molecular weight excluding hydrogens is 865 g/mol. The Morgan fingerprint density at radius 3 is 1.33 bits per heavy atom. The van der Waals surface area contributed by atoms with E-state index in [2.05, 4.69) is 119 Å². The molecule has 0 N–H and O–H groups in total. The van der Waals surface area contributed by atoms with E-state index in [0.29, 0.717) is 14.3 Å². The number of fused-ring (bicyclic) bond motifs is 3. The van der Waals surface area contributed by atoms with Crippen LogP contribution in [0.15, 0.2) is 105 Å². The Balaban J connectivity index is 0.00000372. The number of hydrogen-bond donors (Lipinski definition) is 0. The van der Waals surface area contributed by atoms with Crippen LogP contribution >= 0.6 is 0 Å². The molecule has 9 heteroatoms. The standard InChI is InChI=1S/C21H25.C15H8F6.C13H21.2ClH.Zr/c1-20(2,3)16-9-7-14-11-15-8-10-17(21(4,5)6)13-19(15)18(14)12-16;16-14(17,18)12-5-1-3-10(8-12)7-11-4-2-6-13(9-11)15(19,20)21;1-6-10-8-11(7-2)12(9-10)13(3,4)5;;;/h7-13H,1-6H3;1-6,8-9H;9-10H,6-7H2,1-5H3;2*1H;/q;;;;;+2/p-2. The van der Waals surface area contributed by atoms with Gasteiger partial charge < -0.3 is 24.8 Å². The van der Waals surface area contributed by atoms with Crippen molar-refractivity contribution in [2.45, 2.75) is 116 Å². The second kappa shape index (κ2) is 17.0. The van der Waals surface area contributed by atoms with E-state index in [1.165, 1.54) is 49.8 Å². The van der Waals surface area contributed by atoms with Crippen LogP contribution in [0.25, 0.3) is 11.1 Å². The fourth-order valence-corrected chi connectivity index (χ4v) is 19.1. The molecular formula is C49H54Cl2F6Zr. The van der Waals surface area contributed by atoms with E-state index < -0.39 is 44.7 Å². The van der Waals surface area contributed by atoms with Gasteiger partial charge in [-0.2, -0.15) is 0 Å². The summed E-state index contributed by atoms with van der Waals surface area (Å²) in [6, 6.07) is 24.0. The number of halogens is 8. The van der Waals surface area contributed by atoms with Crippen molar-refractivity contribution in [2.75, 3.05) is 0 Å². The van der Waals surface area contributed by atoms with Crippen molar-refractivity contribution in [3.63, 3.8) is 0 Å². The largest absolute Gasteiger partial charge is 1.00 e. The zero-order chi connectivity index (χ0) is 41.3. The molecule has 0 fully saturated rings. The molecule has 2 aliphatic rings. The van der Waals surface area contributed by atoms with Gasteiger partial charge in [-0.1, -0.05) is 0 Å². The minimum Gasteiger partial charge on any atom is -1.00 e. The van der Waals surface area contributed by atoms with Crippen LogP contribution in [-0.4, -0.2) is 3.21 Å². The Kier molecular flexibility index (Phi) is 14.0. The molecule has 1 atom stereocenters. The van der Waals surface area contributed by atoms with Crippen molar-refractivity contribution in [1.82, 2.24) is 0 Å². The number of alkyl halides is 6. The zero-order valence-electron chi connectivity index (χ0n) is 35.3. The van der Waals surface area contributed by atoms with Gasteiger partial charge in [0.25, 0.3) is 0 Å². The van der Waals surface area contributed by atoms with Crippen LogP contribution in [0.1, 0.15) is 137 Å². The van der Waals surface area contributed by atoms with E-state index in [-0.39, 0.29) is 50.6 Å². The van der Waals surface area contributed by atoms with Gasteiger partial charge in [0, 0.05) is 0 Å². The molecule has 4 aromatic carbocycles. The molecule has 310 valence electrons. The molecule has 0 heterocycles. The van der Waals surface area contributed by atoms with Gasteiger partial charge in [-0.3, -0.25) is 0 Å². The third kappa shape index (κ3) is 9.28. The monoisotopic (exact) mass is 916 g/mol. The minimum absolute atomic E-state index is 0. The average molecular weight is 919 g/mol. The van der Waals surface area contributed by atoms with E-state index in [0.717, 1.165) is 47.2 Å². The van der Waals surface area contributed by atoms with E-state index in [9.17, 15) is 26.3 Å². The third-order valence-corrected chi connectivity index (χ3v) is 20.3. The molecule has 6 rings (SSSR count). The van der Waals surface area contributed by atoms with Crippen molar-refractivity contribution >= 4 is 3.21 Å². The van der Waals surface area contributed by atoms with Crippen LogP contribution in [0, 0.1) is 11.3 Å². The van der Waals surface area contributed by atoms with Crippen LogP contribution in [0.3, 0.4) is 0 Å². The van der Waals surface area contributed by atoms with Gasteiger partial charge in [0.1, 0.15) is 0 Å². The van der Waals surface area contributed by atoms with Gasteiger partial charge in [-0.05, 0) is 0 Å². The number of hydrogen-bond acceptors (Lipinski definition) is 0. The van der Waals surface area contributed by atoms with Crippen molar-refractivity contribution in [3.8, 4) is 11.1 Å². The van der Waals surface area contributed by atoms with Gasteiger partial charge in [-0.25, -0.2) is 0 Å². The summed E-state index contributed by atoms with van der Waals surface area (Å²) in [7, 11) is 0. The number of rotatable bonds is 6. The molecule has 0 spiro atoms. The molecule has 0 radical (unpaired) electrons. The molecule has 0 nitrogen and oxygen atoms in total. The Bertz CT molecular complexity index is 2150. The molecule has 0 amide bonds. The summed E-state index contributed by atoms with van der Waals surface area (Å²) in [6.45, 7) is 24.0. The van der Waals surface area contributed by atoms with Gasteiger partial charge in [0.2, 0.25) is 0 Å². The molecule has 0 saturated heterocycles. The zero-order valence-corrected chi connectivity index (χ0v) is 39.2. The normalized spacial score (nSPS) is 15.9. The first-order chi connectivity index (χ1) is 25.9. The Morgan fingerprint density at radius 2 is 0.983 bits per heavy atom. The molecule has 0 saturated carbocycles. The van der Waals surface area contributed by atoms with Gasteiger partial charge in [0.15, 0.2) is 0 Å². The van der Waals surface area contributed by atoms with Crippen molar-refractivity contribution in [1.29, 1.82) is 0 Å². The molecule has 0 bridgehead atoms. The first-order valence-electron chi connectivity index (χ1n) is 19.7. The van der Waals surface area contributed by atoms with E-state index in [1.54, 1.807) is 12.1 Å². The summed E-state index contributed by atoms with van der Waals surface area (Å²) in [4.78, 5) is 0. The van der Waals surface area contributed by atoms with Crippen LogP contribution in [0.5, 0.6) is 0 Å². The van der Waals surface area contributed by atoms with Crippen LogP contribution in [-0.2, 0) is 44.4 Å². The van der Waals surface area contributed by atoms with E-state index >= 15 is 0 Å². The molecule has 0 aromatic heterocycles. The van der Waals surface area contributed by atoms with Gasteiger partial charge in [-0.15, -0.1) is 0 Å². The molecule has 58 heavy (non-hydrogen) atoms. The maximum absolute atomic E-state index is 14.6. The minimum atomic E-state index is -4.63. The first kappa shape index (κ1) is 47.9. The Labute approximate surface area is 361 Å². The first-order valence-corrected chi connectivity index (χ1v) is 23.6. The van der Waals surface area contributed by atoms with Crippen molar-refractivity contribution < 1.29 is 72.4 Å². The number of allylic oxidation sites excluding steroid dienone is 4. The second-order valence-corrected chi connectivity index (χ2v) is 24.6. The van der Waals surface area contributed by atoms with E-state index in [1.807, 2.05) is 0 Å². The fourth-order valence-electron chi connectivity index (χ4n) is 8.63. The van der Waals surface area contributed by atoms with Crippen LogP contribution < -0.4 is 24.8 Å². The quantitative estimate of drug-likeness (QED) is 0.170. The Morgan fingerprint density at radius 1 is 0.552 bits per heavy atom. The summed E-state index contributed by atoms with van der Waals surface area (Å²) in [5.74, 6) is 0.00960. The molecule has 4 aromatic rings. The average Bonchev–Trinajstić information content (AvgIpc) is 3.64. The topological polar surface area (TPSA) is 0 Å². The number of benzene rings is 4. The summed E-state index contributed by atoms with van der Waals surface area (Å²) in [5, 5.41) is 0. The molecule has 0 aliphatic heterocycles. The molecule has 2 aliphatic carbocycles. The van der Waals surface area contributed by atoms with E-state index in [4.69, 9.17) is 0 Å². The Hall–Kier alpha value is -2.73. The summed E-state index contributed by atoms with van der Waals surface area (Å²) >= 11 is -3.85. The summed E-state index contributed by atoms with van der Waals surface area (Å²) < 4.78 is 89.2. The fraction of sp³-hybridized carbons (Fsp3) is 0.408. The summed E-state index contributed by atoms with van der Waals surface area (Å²) in [6.07, 6.45) is -5.40. The van der Waals surface area contributed by atoms with Crippen molar-refractivity contribution in [3.05, 3.63) is 150 Å². The maximum Gasteiger partial charge on any atom is -1.00 e. The SMILES string of the molecule is CCC1=[C]([Zr+2](=[C](c2cccc(C(F)(F)F)c2)c2cccc(C(F)(F)F)c2)[CH]2c3ccc(C(C)(C)C)cc3-c3cc(C(C)(C)C)ccc32)C(CC)C=C1C(C)(C)C.[Cl-].[Cl-]. The molecule has 1 unspecified atom stereocenters. The predicted molar refractivity (Wildman–Crippen MR) is 216 cm³/mol. The van der Waals surface area contributed by atoms with Crippen LogP contribution in [0.4, 0.5) is 26.3 Å². The summed E-state index contributed by atoms with van der Waals surface area (Å²) in [5.41, 5.74) is 7.84. The third-order valence-electron chi connectivity index (χ3n) is 11.5. The van der Waals surface area contributed by atoms with Gasteiger partial charge >= 0.3 is 339 Å². The smallest absolute Gasteiger partial charge is 1.00 e. The maximum atomic E-state index is 14.6. The predicted octanol–water partition coefficient (Wildman–Crippen LogP) is 8.96. The van der Waals surface area contributed by atoms with Crippen LogP contribution in [0.2, 0.25) is 0 Å². The van der Waals surface area contributed by atoms with Crippen molar-refractivity contribution in [2.24, 2.45) is 11.3 Å². The van der Waals surface area contributed by atoms with Gasteiger partial charge in [0.05, 0.1) is 0 Å². The second-order valence-electron chi connectivity index (χ2n) is 18.6.